The van der Waals surface area contributed by atoms with Crippen molar-refractivity contribution in [3.8, 4) is 0 Å². The Hall–Kier alpha value is -1.38. The largest absolute Gasteiger partial charge is 0.276 e. The van der Waals surface area contributed by atoms with Gasteiger partial charge in [-0.2, -0.15) is 0 Å². The van der Waals surface area contributed by atoms with E-state index in [1.165, 1.54) is 19.3 Å². The van der Waals surface area contributed by atoms with Gasteiger partial charge in [-0.25, -0.2) is 0 Å². The first-order chi connectivity index (χ1) is 7.36. The van der Waals surface area contributed by atoms with E-state index >= 15 is 0 Å². The van der Waals surface area contributed by atoms with Crippen molar-refractivity contribution in [1.29, 1.82) is 0 Å². The first-order valence-corrected chi connectivity index (χ1v) is 5.59. The minimum Gasteiger partial charge on any atom is -0.276 e. The fraction of sp³-hybridized carbons (Fsp3) is 0.500. The molecule has 2 rings (SSSR count). The maximum atomic E-state index is 4.29. The van der Waals surface area contributed by atoms with E-state index in [1.807, 2.05) is 30.3 Å². The fourth-order valence-electron chi connectivity index (χ4n) is 1.82. The highest BCUT2D eigenvalue weighted by atomic mass is 15.5. The monoisotopic (exact) mass is 203 g/mol. The molecule has 0 N–H and O–H groups in total. The number of piperidine rings is 1. The van der Waals surface area contributed by atoms with Crippen molar-refractivity contribution in [2.45, 2.75) is 32.2 Å². The van der Waals surface area contributed by atoms with Crippen LogP contribution < -0.4 is 0 Å². The standard InChI is InChI=1S/C12H17N3/c1-11-7-5-6-10-15(11)14-13-12-8-3-2-4-9-12/h2-4,8-9,11H,5-7,10H2,1H3. The molecule has 3 nitrogen and oxygen atoms in total. The molecular formula is C12H17N3. The SMILES string of the molecule is CC1CCCCN1N=Nc1ccccc1. The molecule has 0 saturated carbocycles. The van der Waals surface area contributed by atoms with Gasteiger partial charge in [-0.1, -0.05) is 23.4 Å². The lowest BCUT2D eigenvalue weighted by Crippen LogP contribution is -2.32. The maximum Gasteiger partial charge on any atom is 0.0874 e. The minimum absolute atomic E-state index is 0.534. The van der Waals surface area contributed by atoms with Crippen LogP contribution in [-0.2, 0) is 0 Å². The van der Waals surface area contributed by atoms with Crippen molar-refractivity contribution < 1.29 is 0 Å². The molecule has 1 fully saturated rings. The van der Waals surface area contributed by atoms with Gasteiger partial charge in [0.1, 0.15) is 0 Å². The van der Waals surface area contributed by atoms with Crippen LogP contribution in [0, 0.1) is 0 Å². The number of rotatable bonds is 2. The average molecular weight is 203 g/mol. The molecule has 0 bridgehead atoms. The van der Waals surface area contributed by atoms with Gasteiger partial charge in [-0.05, 0) is 38.3 Å². The minimum atomic E-state index is 0.534. The maximum absolute atomic E-state index is 4.29. The van der Waals surface area contributed by atoms with Crippen molar-refractivity contribution >= 4 is 5.69 Å². The molecule has 1 aliphatic rings. The summed E-state index contributed by atoms with van der Waals surface area (Å²) in [6, 6.07) is 10.4. The number of nitrogens with zero attached hydrogens (tertiary/aromatic N) is 3. The van der Waals surface area contributed by atoms with E-state index in [9.17, 15) is 0 Å². The first-order valence-electron chi connectivity index (χ1n) is 5.59. The van der Waals surface area contributed by atoms with Crippen LogP contribution >= 0.6 is 0 Å². The van der Waals surface area contributed by atoms with Crippen molar-refractivity contribution in [2.24, 2.45) is 10.3 Å². The highest BCUT2D eigenvalue weighted by Crippen LogP contribution is 2.18. The molecule has 1 aliphatic heterocycles. The predicted molar refractivity (Wildman–Crippen MR) is 61.0 cm³/mol. The number of benzene rings is 1. The Labute approximate surface area is 90.8 Å². The molecular weight excluding hydrogens is 186 g/mol. The summed E-state index contributed by atoms with van der Waals surface area (Å²) < 4.78 is 0. The topological polar surface area (TPSA) is 28.0 Å². The van der Waals surface area contributed by atoms with Gasteiger partial charge in [0.05, 0.1) is 5.69 Å². The van der Waals surface area contributed by atoms with Crippen LogP contribution in [0.5, 0.6) is 0 Å². The van der Waals surface area contributed by atoms with E-state index in [2.05, 4.69) is 22.3 Å². The normalized spacial score (nSPS) is 22.2. The molecule has 1 aromatic carbocycles. The van der Waals surface area contributed by atoms with Gasteiger partial charge >= 0.3 is 0 Å². The molecule has 80 valence electrons. The lowest BCUT2D eigenvalue weighted by molar-refractivity contribution is 0.156. The second kappa shape index (κ2) is 4.91. The summed E-state index contributed by atoms with van der Waals surface area (Å²) >= 11 is 0. The van der Waals surface area contributed by atoms with Crippen molar-refractivity contribution in [1.82, 2.24) is 5.01 Å². The molecule has 0 amide bonds. The Balaban J connectivity index is 1.98. The van der Waals surface area contributed by atoms with E-state index in [0.29, 0.717) is 6.04 Å². The van der Waals surface area contributed by atoms with E-state index in [4.69, 9.17) is 0 Å². The highest BCUT2D eigenvalue weighted by Gasteiger charge is 2.16. The van der Waals surface area contributed by atoms with Gasteiger partial charge in [0.15, 0.2) is 0 Å². The summed E-state index contributed by atoms with van der Waals surface area (Å²) in [4.78, 5) is 0. The van der Waals surface area contributed by atoms with Gasteiger partial charge in [0, 0.05) is 12.6 Å². The third-order valence-electron chi connectivity index (χ3n) is 2.80. The van der Waals surface area contributed by atoms with Crippen LogP contribution in [0.2, 0.25) is 0 Å². The Morgan fingerprint density at radius 1 is 1.20 bits per heavy atom. The zero-order valence-corrected chi connectivity index (χ0v) is 9.13. The Morgan fingerprint density at radius 3 is 2.73 bits per heavy atom. The van der Waals surface area contributed by atoms with Crippen molar-refractivity contribution in [3.05, 3.63) is 30.3 Å². The van der Waals surface area contributed by atoms with Gasteiger partial charge in [-0.15, -0.1) is 5.11 Å². The molecule has 1 saturated heterocycles. The second-order valence-electron chi connectivity index (χ2n) is 4.03. The summed E-state index contributed by atoms with van der Waals surface area (Å²) in [5.41, 5.74) is 0.926. The number of hydrogen-bond acceptors (Lipinski definition) is 2. The molecule has 1 heterocycles. The van der Waals surface area contributed by atoms with Crippen LogP contribution in [0.1, 0.15) is 26.2 Å². The third-order valence-corrected chi connectivity index (χ3v) is 2.80. The molecule has 1 unspecified atom stereocenters. The Kier molecular flexibility index (Phi) is 3.33. The number of hydrogen-bond donors (Lipinski definition) is 0. The summed E-state index contributed by atoms with van der Waals surface area (Å²) in [5.74, 6) is 0. The quantitative estimate of drug-likeness (QED) is 0.675. The van der Waals surface area contributed by atoms with E-state index in [-0.39, 0.29) is 0 Å². The van der Waals surface area contributed by atoms with Gasteiger partial charge in [-0.3, -0.25) is 5.01 Å². The molecule has 3 heteroatoms. The lowest BCUT2D eigenvalue weighted by Gasteiger charge is -2.29. The second-order valence-corrected chi connectivity index (χ2v) is 4.03. The molecule has 0 aliphatic carbocycles. The van der Waals surface area contributed by atoms with E-state index in [1.54, 1.807) is 0 Å². The third kappa shape index (κ3) is 2.78. The Bertz CT molecular complexity index is 321. The smallest absolute Gasteiger partial charge is 0.0874 e. The van der Waals surface area contributed by atoms with Crippen molar-refractivity contribution in [2.75, 3.05) is 6.54 Å². The van der Waals surface area contributed by atoms with Gasteiger partial charge in [0.2, 0.25) is 0 Å². The van der Waals surface area contributed by atoms with Gasteiger partial charge < -0.3 is 0 Å². The van der Waals surface area contributed by atoms with Crippen LogP contribution in [0.4, 0.5) is 5.69 Å². The molecule has 1 atom stereocenters. The molecule has 1 aromatic rings. The van der Waals surface area contributed by atoms with E-state index < -0.39 is 0 Å². The van der Waals surface area contributed by atoms with Crippen LogP contribution in [0.25, 0.3) is 0 Å². The highest BCUT2D eigenvalue weighted by molar-refractivity contribution is 5.34. The average Bonchev–Trinajstić information content (AvgIpc) is 2.29. The molecule has 15 heavy (non-hydrogen) atoms. The van der Waals surface area contributed by atoms with Crippen LogP contribution in [-0.4, -0.2) is 17.6 Å². The lowest BCUT2D eigenvalue weighted by atomic mass is 10.1. The fourth-order valence-corrected chi connectivity index (χ4v) is 1.82. The summed E-state index contributed by atoms with van der Waals surface area (Å²) in [7, 11) is 0. The summed E-state index contributed by atoms with van der Waals surface area (Å²) in [5, 5.41) is 10.6. The zero-order valence-electron chi connectivity index (χ0n) is 9.13. The summed E-state index contributed by atoms with van der Waals surface area (Å²) in [6.07, 6.45) is 3.78. The van der Waals surface area contributed by atoms with Crippen LogP contribution in [0.3, 0.4) is 0 Å². The van der Waals surface area contributed by atoms with E-state index in [0.717, 1.165) is 12.2 Å². The Morgan fingerprint density at radius 2 is 2.00 bits per heavy atom. The van der Waals surface area contributed by atoms with Crippen LogP contribution in [0.15, 0.2) is 40.7 Å². The molecule has 0 aromatic heterocycles. The molecule has 0 radical (unpaired) electrons. The molecule has 0 spiro atoms. The summed E-state index contributed by atoms with van der Waals surface area (Å²) in [6.45, 7) is 3.25. The first kappa shape index (κ1) is 10.1. The predicted octanol–water partition coefficient (Wildman–Crippen LogP) is 3.56. The van der Waals surface area contributed by atoms with Crippen molar-refractivity contribution in [3.63, 3.8) is 0 Å². The van der Waals surface area contributed by atoms with Gasteiger partial charge in [0.25, 0.3) is 0 Å². The zero-order chi connectivity index (χ0) is 10.5.